The maximum Gasteiger partial charge on any atom is 0.643 e. The lowest BCUT2D eigenvalue weighted by atomic mass is 10.2. The van der Waals surface area contributed by atoms with Crippen LogP contribution in [0.4, 0.5) is 12.3 Å². The summed E-state index contributed by atoms with van der Waals surface area (Å²) in [6.45, 7) is 0. The summed E-state index contributed by atoms with van der Waals surface area (Å²) in [6.07, 6.45) is -1.59. The fraction of sp³-hybridized carbons (Fsp3) is 0.125. The number of aliphatic hydroxyl groups excluding tert-OH is 1. The Morgan fingerprint density at radius 2 is 1.60 bits per heavy atom. The molecule has 0 fully saturated rings. The molecular formula is C8H9F3O3Si. The normalized spacial score (nSPS) is 10.1. The minimum atomic E-state index is -5.58. The molecule has 84 valence electrons. The van der Waals surface area contributed by atoms with Crippen molar-refractivity contribution in [2.24, 2.45) is 0 Å². The first-order chi connectivity index (χ1) is 6.87. The van der Waals surface area contributed by atoms with Gasteiger partial charge in [-0.2, -0.15) is 0 Å². The average Bonchev–Trinajstić information content (AvgIpc) is 2.19. The van der Waals surface area contributed by atoms with Crippen molar-refractivity contribution in [3.8, 4) is 0 Å². The minimum Gasteiger partial charge on any atom is -0.478 e. The maximum atomic E-state index is 10.7. The van der Waals surface area contributed by atoms with E-state index in [9.17, 15) is 17.1 Å². The highest BCUT2D eigenvalue weighted by Crippen LogP contribution is 2.04. The van der Waals surface area contributed by atoms with Crippen molar-refractivity contribution in [1.29, 1.82) is 0 Å². The van der Waals surface area contributed by atoms with Crippen molar-refractivity contribution < 1.29 is 27.3 Å². The Morgan fingerprint density at radius 1 is 1.20 bits per heavy atom. The van der Waals surface area contributed by atoms with E-state index in [1.54, 1.807) is 30.3 Å². The molecule has 0 amide bonds. The van der Waals surface area contributed by atoms with Crippen LogP contribution in [0.3, 0.4) is 0 Å². The summed E-state index contributed by atoms with van der Waals surface area (Å²) in [6, 6.07) is 8.30. The van der Waals surface area contributed by atoms with Gasteiger partial charge in [0.05, 0.1) is 5.56 Å². The van der Waals surface area contributed by atoms with Crippen LogP contribution in [0.15, 0.2) is 30.3 Å². The van der Waals surface area contributed by atoms with Gasteiger partial charge >= 0.3 is 15.0 Å². The van der Waals surface area contributed by atoms with Gasteiger partial charge in [0.25, 0.3) is 0 Å². The van der Waals surface area contributed by atoms with Crippen molar-refractivity contribution >= 4 is 15.0 Å². The van der Waals surface area contributed by atoms with Gasteiger partial charge in [-0.1, -0.05) is 18.2 Å². The quantitative estimate of drug-likeness (QED) is 0.609. The molecule has 1 aromatic carbocycles. The Labute approximate surface area is 85.3 Å². The largest absolute Gasteiger partial charge is 0.643 e. The minimum absolute atomic E-state index is 0.331. The molecule has 2 N–H and O–H groups in total. The van der Waals surface area contributed by atoms with Crippen molar-refractivity contribution in [3.63, 3.8) is 0 Å². The summed E-state index contributed by atoms with van der Waals surface area (Å²) in [5, 5.41) is 15.7. The number of hydrogen-bond acceptors (Lipinski definition) is 2. The lowest BCUT2D eigenvalue weighted by Crippen LogP contribution is -2.20. The van der Waals surface area contributed by atoms with Crippen LogP contribution in [0.25, 0.3) is 0 Å². The van der Waals surface area contributed by atoms with Gasteiger partial charge in [0.2, 0.25) is 0 Å². The van der Waals surface area contributed by atoms with Crippen LogP contribution in [-0.4, -0.2) is 31.5 Å². The molecule has 0 radical (unpaired) electrons. The number of rotatable bonds is 2. The highest BCUT2D eigenvalue weighted by atomic mass is 28.5. The Morgan fingerprint density at radius 3 is 1.80 bits per heavy atom. The van der Waals surface area contributed by atoms with E-state index < -0.39 is 21.3 Å². The first-order valence-electron chi connectivity index (χ1n) is 3.83. The Balaban J connectivity index is 0.000000288. The molecule has 0 saturated heterocycles. The fourth-order valence-corrected chi connectivity index (χ4v) is 0.581. The Hall–Kier alpha value is -1.34. The molecule has 0 atom stereocenters. The summed E-state index contributed by atoms with van der Waals surface area (Å²) >= 11 is 0. The molecule has 0 saturated carbocycles. The molecule has 0 aromatic heterocycles. The van der Waals surface area contributed by atoms with Gasteiger partial charge in [-0.3, -0.25) is 0 Å². The third kappa shape index (κ3) is 7.71. The molecule has 0 unspecified atom stereocenters. The van der Waals surface area contributed by atoms with Crippen LogP contribution < -0.4 is 0 Å². The van der Waals surface area contributed by atoms with Crippen LogP contribution in [0.5, 0.6) is 0 Å². The number of hydrogen-bond donors (Lipinski definition) is 2. The number of aromatic carboxylic acids is 1. The van der Waals surface area contributed by atoms with E-state index in [-0.39, 0.29) is 0 Å². The van der Waals surface area contributed by atoms with Gasteiger partial charge in [0.1, 0.15) is 6.23 Å². The average molecular weight is 238 g/mol. The van der Waals surface area contributed by atoms with E-state index in [0.717, 1.165) is 0 Å². The molecule has 3 nitrogen and oxygen atoms in total. The first-order valence-corrected chi connectivity index (χ1v) is 5.67. The Bertz CT molecular complexity index is 300. The van der Waals surface area contributed by atoms with Crippen molar-refractivity contribution in [3.05, 3.63) is 35.9 Å². The van der Waals surface area contributed by atoms with Gasteiger partial charge in [-0.05, 0) is 12.1 Å². The number of benzene rings is 1. The van der Waals surface area contributed by atoms with Crippen LogP contribution in [0, 0.1) is 0 Å². The summed E-state index contributed by atoms with van der Waals surface area (Å²) in [5.41, 5.74) is 0.331. The number of aliphatic hydroxyl groups is 1. The molecule has 0 bridgehead atoms. The highest BCUT2D eigenvalue weighted by molar-refractivity contribution is 6.58. The van der Waals surface area contributed by atoms with Crippen molar-refractivity contribution in [2.75, 3.05) is 6.23 Å². The predicted molar refractivity (Wildman–Crippen MR) is 49.6 cm³/mol. The van der Waals surface area contributed by atoms with E-state index in [2.05, 4.69) is 0 Å². The standard InChI is InChI=1S/C7H6O2.CH3F3OSi/c8-7(9)6-4-2-1-3-5-6;2-6(3,4)1-5/h1-5H,(H,8,9);5H,1H2. The number of carbonyl (C=O) groups is 1. The SMILES string of the molecule is O=C(O)c1ccccc1.OC[Si](F)(F)F. The smallest absolute Gasteiger partial charge is 0.478 e. The number of halogens is 3. The molecule has 0 aliphatic heterocycles. The van der Waals surface area contributed by atoms with E-state index in [0.29, 0.717) is 5.56 Å². The van der Waals surface area contributed by atoms with Gasteiger partial charge in [-0.15, -0.1) is 0 Å². The van der Waals surface area contributed by atoms with Crippen LogP contribution in [0.1, 0.15) is 10.4 Å². The summed E-state index contributed by atoms with van der Waals surface area (Å²) in [4.78, 5) is 10.2. The molecule has 1 aromatic rings. The van der Waals surface area contributed by atoms with E-state index >= 15 is 0 Å². The zero-order chi connectivity index (χ0) is 11.9. The summed E-state index contributed by atoms with van der Waals surface area (Å²) in [5.74, 6) is -0.879. The highest BCUT2D eigenvalue weighted by Gasteiger charge is 2.35. The number of carboxylic acid groups (broad SMARTS) is 1. The lowest BCUT2D eigenvalue weighted by molar-refractivity contribution is 0.0697. The van der Waals surface area contributed by atoms with Crippen molar-refractivity contribution in [2.45, 2.75) is 0 Å². The molecular weight excluding hydrogens is 229 g/mol. The van der Waals surface area contributed by atoms with Crippen LogP contribution >= 0.6 is 0 Å². The topological polar surface area (TPSA) is 57.5 Å². The lowest BCUT2D eigenvalue weighted by Gasteiger charge is -1.90. The second kappa shape index (κ2) is 6.20. The van der Waals surface area contributed by atoms with Gasteiger partial charge in [-0.25, -0.2) is 17.1 Å². The molecule has 7 heteroatoms. The van der Waals surface area contributed by atoms with Gasteiger partial charge in [0.15, 0.2) is 0 Å². The molecule has 1 rings (SSSR count). The second-order valence-corrected chi connectivity index (χ2v) is 3.99. The van der Waals surface area contributed by atoms with Crippen LogP contribution in [0.2, 0.25) is 0 Å². The maximum absolute atomic E-state index is 10.7. The van der Waals surface area contributed by atoms with E-state index in [1.807, 2.05) is 0 Å². The van der Waals surface area contributed by atoms with Gasteiger partial charge < -0.3 is 10.2 Å². The summed E-state index contributed by atoms with van der Waals surface area (Å²) < 4.78 is 32.0. The zero-order valence-electron chi connectivity index (χ0n) is 7.53. The predicted octanol–water partition coefficient (Wildman–Crippen LogP) is 1.75. The fourth-order valence-electron chi connectivity index (χ4n) is 0.581. The molecule has 0 heterocycles. The number of carboxylic acids is 1. The third-order valence-electron chi connectivity index (χ3n) is 1.20. The molecule has 0 spiro atoms. The van der Waals surface area contributed by atoms with Gasteiger partial charge in [0, 0.05) is 0 Å². The van der Waals surface area contributed by atoms with E-state index in [1.165, 1.54) is 0 Å². The van der Waals surface area contributed by atoms with Crippen molar-refractivity contribution in [1.82, 2.24) is 0 Å². The molecule has 0 aliphatic rings. The third-order valence-corrected chi connectivity index (χ3v) is 1.56. The Kier molecular flexibility index (Phi) is 5.64. The monoisotopic (exact) mass is 238 g/mol. The summed E-state index contributed by atoms with van der Waals surface area (Å²) in [7, 11) is -5.58. The molecule has 0 aliphatic carbocycles. The van der Waals surface area contributed by atoms with E-state index in [4.69, 9.17) is 10.2 Å². The first kappa shape index (κ1) is 13.7. The van der Waals surface area contributed by atoms with Crippen LogP contribution in [-0.2, 0) is 0 Å². The zero-order valence-corrected chi connectivity index (χ0v) is 8.53. The molecule has 15 heavy (non-hydrogen) atoms. The second-order valence-electron chi connectivity index (χ2n) is 2.44.